The van der Waals surface area contributed by atoms with E-state index in [1.54, 1.807) is 20.7 Å². The van der Waals surface area contributed by atoms with Gasteiger partial charge in [0.1, 0.15) is 35.2 Å². The zero-order valence-electron chi connectivity index (χ0n) is 46.7. The number of hydrogen-bond donors (Lipinski definition) is 4. The molecule has 7 aliphatic rings. The molecule has 5 amide bonds. The minimum absolute atomic E-state index is 0.0165. The molecule has 1 aromatic carbocycles. The Bertz CT molecular complexity index is 2870. The number of amides is 5. The van der Waals surface area contributed by atoms with Crippen molar-refractivity contribution in [3.8, 4) is 11.3 Å². The first-order valence-corrected chi connectivity index (χ1v) is 30.0. The van der Waals surface area contributed by atoms with Crippen LogP contribution >= 0.6 is 11.3 Å². The first kappa shape index (κ1) is 55.3. The Morgan fingerprint density at radius 3 is 2.04 bits per heavy atom. The molecule has 0 spiro atoms. The van der Waals surface area contributed by atoms with Crippen LogP contribution in [-0.4, -0.2) is 165 Å². The van der Waals surface area contributed by atoms with Gasteiger partial charge in [-0.3, -0.25) is 24.0 Å². The fourth-order valence-corrected chi connectivity index (χ4v) is 14.6. The van der Waals surface area contributed by atoms with E-state index in [4.69, 9.17) is 9.72 Å². The van der Waals surface area contributed by atoms with Crippen LogP contribution in [-0.2, 0) is 34.1 Å². The summed E-state index contributed by atoms with van der Waals surface area (Å²) in [5, 5.41) is 49.4. The van der Waals surface area contributed by atoms with E-state index < -0.39 is 64.6 Å². The number of carbonyl (C=O) groups is 5. The first-order chi connectivity index (χ1) is 37.8. The summed E-state index contributed by atoms with van der Waals surface area (Å²) in [5.41, 5.74) is 1.55. The van der Waals surface area contributed by atoms with E-state index in [1.165, 1.54) is 16.2 Å². The summed E-state index contributed by atoms with van der Waals surface area (Å²) in [7, 11) is 0. The Morgan fingerprint density at radius 2 is 1.41 bits per heavy atom. The number of likely N-dealkylation sites (tertiary alicyclic amines) is 3. The maximum atomic E-state index is 14.9. The van der Waals surface area contributed by atoms with Gasteiger partial charge in [0, 0.05) is 92.3 Å². The van der Waals surface area contributed by atoms with Gasteiger partial charge in [-0.1, -0.05) is 102 Å². The largest absolute Gasteiger partial charge is 0.391 e. The van der Waals surface area contributed by atoms with Crippen LogP contribution in [0.2, 0.25) is 0 Å². The lowest BCUT2D eigenvalue weighted by Crippen LogP contribution is -2.58. The molecule has 5 unspecified atom stereocenters. The predicted molar refractivity (Wildman–Crippen MR) is 293 cm³/mol. The van der Waals surface area contributed by atoms with Crippen molar-refractivity contribution in [3.63, 3.8) is 0 Å². The van der Waals surface area contributed by atoms with Gasteiger partial charge in [0.2, 0.25) is 29.5 Å². The smallest absolute Gasteiger partial charge is 0.248 e. The Balaban J connectivity index is 0.789. The molecule has 4 aliphatic heterocycles. The summed E-state index contributed by atoms with van der Waals surface area (Å²) in [6.07, 6.45) is 12.5. The van der Waals surface area contributed by atoms with Crippen molar-refractivity contribution in [3.05, 3.63) is 64.5 Å². The Morgan fingerprint density at radius 1 is 0.785 bits per heavy atom. The van der Waals surface area contributed by atoms with Gasteiger partial charge in [-0.25, -0.2) is 14.3 Å². The van der Waals surface area contributed by atoms with E-state index in [2.05, 4.69) is 36.6 Å². The van der Waals surface area contributed by atoms with Crippen molar-refractivity contribution in [2.75, 3.05) is 32.8 Å². The van der Waals surface area contributed by atoms with Crippen LogP contribution < -0.4 is 10.6 Å². The Kier molecular flexibility index (Phi) is 15.4. The fraction of sp³-hybridized carbons (Fsp3) is 0.690. The predicted octanol–water partition coefficient (Wildman–Crippen LogP) is 5.45. The second kappa shape index (κ2) is 22.0. The number of aliphatic hydroxyl groups is 2. The number of nitrogens with one attached hydrogen (secondary N) is 2. The van der Waals surface area contributed by atoms with E-state index in [0.717, 1.165) is 79.0 Å². The SMILES string of the molecule is CC(C)(C)[C@@H](C(=O)N1C[C@H](O)C[C@H]1C(=O)NCC1(c2nc(-c3ccccc3)cs2)CCOC(C2CC2c2cn([C@H](C(=O)N3C[C@H](O)C[C@H]3C(=O)NC3CCCN(C4CCCCC4)C3=O)C(C)(C)C)nn2)C1)n1cc(C2CC2)nn1. The molecule has 4 N–H and O–H groups in total. The maximum Gasteiger partial charge on any atom is 0.248 e. The molecule has 0 radical (unpaired) electrons. The first-order valence-electron chi connectivity index (χ1n) is 29.1. The van der Waals surface area contributed by atoms with Crippen molar-refractivity contribution in [1.82, 2.24) is 60.3 Å². The fourth-order valence-electron chi connectivity index (χ4n) is 13.6. The van der Waals surface area contributed by atoms with Crippen molar-refractivity contribution in [2.45, 2.75) is 203 Å². The maximum absolute atomic E-state index is 14.9. The van der Waals surface area contributed by atoms with Crippen LogP contribution in [0.3, 0.4) is 0 Å². The lowest BCUT2D eigenvalue weighted by molar-refractivity contribution is -0.146. The second-order valence-electron chi connectivity index (χ2n) is 26.1. The van der Waals surface area contributed by atoms with Gasteiger partial charge >= 0.3 is 0 Å². The highest BCUT2D eigenvalue weighted by atomic mass is 32.1. The molecule has 3 saturated carbocycles. The van der Waals surface area contributed by atoms with E-state index in [1.807, 2.05) is 89.2 Å². The third kappa shape index (κ3) is 11.5. The lowest BCUT2D eigenvalue weighted by atomic mass is 9.76. The zero-order valence-corrected chi connectivity index (χ0v) is 47.5. The highest BCUT2D eigenvalue weighted by molar-refractivity contribution is 7.10. The molecule has 7 fully saturated rings. The van der Waals surface area contributed by atoms with Crippen LogP contribution in [0.4, 0.5) is 0 Å². The molecular weight excluding hydrogens is 1020 g/mol. The van der Waals surface area contributed by atoms with Crippen LogP contribution in [0.5, 0.6) is 0 Å². The molecular formula is C58H80N12O8S. The molecule has 11 atom stereocenters. The number of hydrogen-bond acceptors (Lipinski definition) is 14. The molecule has 3 aliphatic carbocycles. The number of benzene rings is 1. The highest BCUT2D eigenvalue weighted by Crippen LogP contribution is 2.54. The molecule has 21 heteroatoms. The van der Waals surface area contributed by atoms with Crippen molar-refractivity contribution in [1.29, 1.82) is 0 Å². The number of aliphatic hydroxyl groups excluding tert-OH is 2. The summed E-state index contributed by atoms with van der Waals surface area (Å²) in [5.74, 6) is -1.06. The minimum Gasteiger partial charge on any atom is -0.391 e. The van der Waals surface area contributed by atoms with Gasteiger partial charge in [-0.05, 0) is 74.5 Å². The topological polar surface area (TPSA) is 243 Å². The van der Waals surface area contributed by atoms with Gasteiger partial charge in [0.25, 0.3) is 0 Å². The molecule has 426 valence electrons. The number of thiazole rings is 1. The van der Waals surface area contributed by atoms with E-state index in [9.17, 15) is 34.2 Å². The average Bonchev–Trinajstić information content (AvgIpc) is 4.25. The number of piperidine rings is 1. The number of rotatable bonds is 15. The van der Waals surface area contributed by atoms with E-state index >= 15 is 0 Å². The van der Waals surface area contributed by atoms with Crippen LogP contribution in [0.15, 0.2) is 48.1 Å². The Hall–Kier alpha value is -5.64. The molecule has 11 rings (SSSR count). The zero-order chi connectivity index (χ0) is 55.5. The number of nitrogens with zero attached hydrogens (tertiary/aromatic N) is 10. The monoisotopic (exact) mass is 1100 g/mol. The molecule has 3 aromatic heterocycles. The summed E-state index contributed by atoms with van der Waals surface area (Å²) in [6, 6.07) is 6.09. The van der Waals surface area contributed by atoms with Crippen LogP contribution in [0, 0.1) is 16.7 Å². The number of carbonyl (C=O) groups excluding carboxylic acids is 5. The molecule has 0 bridgehead atoms. The number of aromatic nitrogens is 7. The standard InChI is InChI=1S/C58H80N12O8S/c1-56(2,3)48(69-30-42(62-64-69)35-19-20-35)53(76)67-28-37(71)24-45(67)50(73)59-33-58(55-61-44(32-79-55)34-14-9-7-10-15-34)21-23-78-47(27-58)40-26-39(40)43-31-70(65-63-43)49(57(4,5)6)54(77)68-29-38(72)25-46(68)51(74)60-41-18-13-22-66(52(41)75)36-16-11-8-12-17-36/h7,9-10,14-15,30-32,35-41,45-49,71-72H,8,11-13,16-29,33H2,1-6H3,(H,59,73)(H,60,74)/t37-,38-,39?,40?,41?,45+,46+,47?,48-,49-,58?/m1/s1. The molecule has 7 heterocycles. The van der Waals surface area contributed by atoms with Crippen molar-refractivity contribution < 1.29 is 38.9 Å². The normalized spacial score (nSPS) is 29.6. The van der Waals surface area contributed by atoms with Gasteiger partial charge in [0.05, 0.1) is 35.4 Å². The summed E-state index contributed by atoms with van der Waals surface area (Å²) >= 11 is 1.56. The average molecular weight is 1110 g/mol. The Labute approximate surface area is 466 Å². The summed E-state index contributed by atoms with van der Waals surface area (Å²) < 4.78 is 9.88. The quantitative estimate of drug-likeness (QED) is 0.116. The second-order valence-corrected chi connectivity index (χ2v) is 27.0. The third-order valence-electron chi connectivity index (χ3n) is 18.1. The van der Waals surface area contributed by atoms with Crippen LogP contribution in [0.1, 0.15) is 172 Å². The van der Waals surface area contributed by atoms with Gasteiger partial charge in [0.15, 0.2) is 0 Å². The molecule has 4 aromatic rings. The van der Waals surface area contributed by atoms with E-state index in [-0.39, 0.29) is 80.1 Å². The van der Waals surface area contributed by atoms with Gasteiger partial charge in [-0.2, -0.15) is 0 Å². The van der Waals surface area contributed by atoms with Crippen molar-refractivity contribution in [2.24, 2.45) is 16.7 Å². The minimum atomic E-state index is -0.950. The highest BCUT2D eigenvalue weighted by Gasteiger charge is 2.54. The third-order valence-corrected chi connectivity index (χ3v) is 19.1. The van der Waals surface area contributed by atoms with Gasteiger partial charge in [-0.15, -0.1) is 21.5 Å². The number of ether oxygens (including phenoxy) is 1. The summed E-state index contributed by atoms with van der Waals surface area (Å²) in [6.45, 7) is 13.1. The molecule has 79 heavy (non-hydrogen) atoms. The molecule has 4 saturated heterocycles. The molecule has 20 nitrogen and oxygen atoms in total. The van der Waals surface area contributed by atoms with E-state index in [0.29, 0.717) is 38.3 Å². The lowest BCUT2D eigenvalue weighted by Gasteiger charge is -2.40. The van der Waals surface area contributed by atoms with Crippen LogP contribution in [0.25, 0.3) is 11.3 Å². The number of β-amino-alcohol motifs (C(OH)–C–C–N with tert-alkyl or cyclic N) is 2. The van der Waals surface area contributed by atoms with Crippen molar-refractivity contribution >= 4 is 40.9 Å². The summed E-state index contributed by atoms with van der Waals surface area (Å²) in [4.78, 5) is 82.2. The van der Waals surface area contributed by atoms with Gasteiger partial charge < -0.3 is 40.3 Å².